The van der Waals surface area contributed by atoms with Gasteiger partial charge in [-0.2, -0.15) is 0 Å². The Balaban J connectivity index is 2.18. The van der Waals surface area contributed by atoms with Gasteiger partial charge in [-0.15, -0.1) is 0 Å². The maximum Gasteiger partial charge on any atom is 0.273 e. The first-order valence-corrected chi connectivity index (χ1v) is 6.05. The van der Waals surface area contributed by atoms with Gasteiger partial charge in [-0.3, -0.25) is 10.1 Å². The number of aryl methyl sites for hydroxylation is 1. The molecule has 16 heavy (non-hydrogen) atoms. The lowest BCUT2D eigenvalue weighted by Crippen LogP contribution is -2.04. The Hall–Kier alpha value is -1.10. The number of nitrogens with one attached hydrogen (secondary N) is 1. The summed E-state index contributed by atoms with van der Waals surface area (Å²) in [5.74, 6) is 0.780. The molecule has 2 rings (SSSR count). The Bertz CT molecular complexity index is 430. The van der Waals surface area contributed by atoms with Crippen LogP contribution in [0.1, 0.15) is 18.4 Å². The van der Waals surface area contributed by atoms with Crippen molar-refractivity contribution in [1.29, 1.82) is 0 Å². The van der Waals surface area contributed by atoms with Crippen LogP contribution in [-0.4, -0.2) is 11.5 Å². The second-order valence-electron chi connectivity index (χ2n) is 4.20. The predicted octanol–water partition coefficient (Wildman–Crippen LogP) is 3.49. The monoisotopic (exact) mass is 284 g/mol. The van der Waals surface area contributed by atoms with Crippen LogP contribution in [0.2, 0.25) is 0 Å². The van der Waals surface area contributed by atoms with Gasteiger partial charge in [0.05, 0.1) is 4.92 Å². The Morgan fingerprint density at radius 2 is 2.25 bits per heavy atom. The van der Waals surface area contributed by atoms with E-state index < -0.39 is 0 Å². The predicted molar refractivity (Wildman–Crippen MR) is 66.7 cm³/mol. The SMILES string of the molecule is Cc1cc(NCC2CC2)c(Br)cc1[N+](=O)[O-]. The highest BCUT2D eigenvalue weighted by atomic mass is 79.9. The van der Waals surface area contributed by atoms with Crippen LogP contribution in [0.4, 0.5) is 11.4 Å². The van der Waals surface area contributed by atoms with Crippen molar-refractivity contribution in [2.45, 2.75) is 19.8 Å². The van der Waals surface area contributed by atoms with Crippen LogP contribution in [-0.2, 0) is 0 Å². The van der Waals surface area contributed by atoms with Gasteiger partial charge in [0.1, 0.15) is 0 Å². The van der Waals surface area contributed by atoms with Crippen LogP contribution in [0.5, 0.6) is 0 Å². The molecule has 0 aliphatic heterocycles. The van der Waals surface area contributed by atoms with E-state index >= 15 is 0 Å². The summed E-state index contributed by atoms with van der Waals surface area (Å²) in [4.78, 5) is 10.4. The Kier molecular flexibility index (Phi) is 3.14. The second-order valence-corrected chi connectivity index (χ2v) is 5.05. The fourth-order valence-corrected chi connectivity index (χ4v) is 2.05. The van der Waals surface area contributed by atoms with Gasteiger partial charge in [-0.05, 0) is 47.7 Å². The van der Waals surface area contributed by atoms with Gasteiger partial charge in [0.25, 0.3) is 5.69 Å². The molecular weight excluding hydrogens is 272 g/mol. The molecule has 1 N–H and O–H groups in total. The first kappa shape index (κ1) is 11.4. The van der Waals surface area contributed by atoms with E-state index in [1.54, 1.807) is 13.0 Å². The molecule has 0 unspecified atom stereocenters. The third-order valence-corrected chi connectivity index (χ3v) is 3.42. The summed E-state index contributed by atoms with van der Waals surface area (Å²) in [6.07, 6.45) is 2.58. The zero-order valence-corrected chi connectivity index (χ0v) is 10.6. The molecule has 1 aromatic carbocycles. The molecule has 0 saturated heterocycles. The lowest BCUT2D eigenvalue weighted by Gasteiger charge is -2.09. The number of nitrogens with zero attached hydrogens (tertiary/aromatic N) is 1. The van der Waals surface area contributed by atoms with E-state index in [-0.39, 0.29) is 10.6 Å². The highest BCUT2D eigenvalue weighted by Gasteiger charge is 2.21. The van der Waals surface area contributed by atoms with Crippen molar-refractivity contribution in [3.8, 4) is 0 Å². The number of rotatable bonds is 4. The molecule has 1 aliphatic carbocycles. The number of hydrogen-bond donors (Lipinski definition) is 1. The minimum Gasteiger partial charge on any atom is -0.384 e. The van der Waals surface area contributed by atoms with Gasteiger partial charge < -0.3 is 5.32 Å². The first-order valence-electron chi connectivity index (χ1n) is 5.26. The van der Waals surface area contributed by atoms with Crippen molar-refractivity contribution in [2.75, 3.05) is 11.9 Å². The number of benzene rings is 1. The van der Waals surface area contributed by atoms with Gasteiger partial charge in [0, 0.05) is 28.3 Å². The number of halogens is 1. The van der Waals surface area contributed by atoms with Crippen LogP contribution in [0.3, 0.4) is 0 Å². The van der Waals surface area contributed by atoms with E-state index in [0.717, 1.165) is 22.6 Å². The summed E-state index contributed by atoms with van der Waals surface area (Å²) in [6, 6.07) is 3.38. The van der Waals surface area contributed by atoms with Crippen LogP contribution in [0.25, 0.3) is 0 Å². The zero-order valence-electron chi connectivity index (χ0n) is 9.00. The number of anilines is 1. The van der Waals surface area contributed by atoms with Crippen molar-refractivity contribution >= 4 is 27.3 Å². The van der Waals surface area contributed by atoms with Crippen molar-refractivity contribution in [2.24, 2.45) is 5.92 Å². The normalized spacial score (nSPS) is 14.9. The smallest absolute Gasteiger partial charge is 0.273 e. The summed E-state index contributed by atoms with van der Waals surface area (Å²) in [5.41, 5.74) is 1.78. The van der Waals surface area contributed by atoms with E-state index in [0.29, 0.717) is 5.56 Å². The molecule has 0 spiro atoms. The summed E-state index contributed by atoms with van der Waals surface area (Å²) >= 11 is 3.35. The van der Waals surface area contributed by atoms with Crippen molar-refractivity contribution < 1.29 is 4.92 Å². The Labute approximate surface area is 102 Å². The first-order chi connectivity index (χ1) is 7.58. The average Bonchev–Trinajstić information content (AvgIpc) is 3.02. The van der Waals surface area contributed by atoms with Gasteiger partial charge >= 0.3 is 0 Å². The molecule has 0 radical (unpaired) electrons. The summed E-state index contributed by atoms with van der Waals surface area (Å²) in [7, 11) is 0. The van der Waals surface area contributed by atoms with E-state index in [9.17, 15) is 10.1 Å². The van der Waals surface area contributed by atoms with Gasteiger partial charge in [0.2, 0.25) is 0 Å². The standard InChI is InChI=1S/C11H13BrN2O2/c1-7-4-10(13-6-8-2-3-8)9(12)5-11(7)14(15)16/h4-5,8,13H,2-3,6H2,1H3. The molecule has 0 atom stereocenters. The number of nitro benzene ring substituents is 1. The topological polar surface area (TPSA) is 55.2 Å². The van der Waals surface area contributed by atoms with Crippen LogP contribution < -0.4 is 5.32 Å². The molecular formula is C11H13BrN2O2. The quantitative estimate of drug-likeness (QED) is 0.680. The lowest BCUT2D eigenvalue weighted by molar-refractivity contribution is -0.385. The minimum absolute atomic E-state index is 0.156. The molecule has 86 valence electrons. The maximum absolute atomic E-state index is 10.7. The average molecular weight is 285 g/mol. The highest BCUT2D eigenvalue weighted by molar-refractivity contribution is 9.10. The van der Waals surface area contributed by atoms with Crippen molar-refractivity contribution in [1.82, 2.24) is 0 Å². The highest BCUT2D eigenvalue weighted by Crippen LogP contribution is 2.33. The molecule has 1 fully saturated rings. The van der Waals surface area contributed by atoms with Crippen LogP contribution in [0, 0.1) is 23.0 Å². The van der Waals surface area contributed by atoms with Crippen molar-refractivity contribution in [3.63, 3.8) is 0 Å². The zero-order chi connectivity index (χ0) is 11.7. The third-order valence-electron chi connectivity index (χ3n) is 2.76. The molecule has 0 bridgehead atoms. The largest absolute Gasteiger partial charge is 0.384 e. The summed E-state index contributed by atoms with van der Waals surface area (Å²) in [6.45, 7) is 2.71. The molecule has 1 saturated carbocycles. The van der Waals surface area contributed by atoms with Crippen molar-refractivity contribution in [3.05, 3.63) is 32.3 Å². The number of hydrogen-bond acceptors (Lipinski definition) is 3. The second kappa shape index (κ2) is 4.41. The summed E-state index contributed by atoms with van der Waals surface area (Å²) in [5, 5.41) is 14.0. The Morgan fingerprint density at radius 1 is 1.56 bits per heavy atom. The lowest BCUT2D eigenvalue weighted by atomic mass is 10.2. The fourth-order valence-electron chi connectivity index (χ4n) is 1.58. The Morgan fingerprint density at radius 3 is 2.81 bits per heavy atom. The molecule has 1 aliphatic rings. The molecule has 0 aromatic heterocycles. The number of nitro groups is 1. The van der Waals surface area contributed by atoms with Gasteiger partial charge in [0.15, 0.2) is 0 Å². The fraction of sp³-hybridized carbons (Fsp3) is 0.455. The molecule has 1 aromatic rings. The van der Waals surface area contributed by atoms with Gasteiger partial charge in [-0.1, -0.05) is 0 Å². The van der Waals surface area contributed by atoms with Crippen LogP contribution in [0.15, 0.2) is 16.6 Å². The maximum atomic E-state index is 10.7. The molecule has 4 nitrogen and oxygen atoms in total. The van der Waals surface area contributed by atoms with Gasteiger partial charge in [-0.25, -0.2) is 0 Å². The third kappa shape index (κ3) is 2.52. The molecule has 5 heteroatoms. The summed E-state index contributed by atoms with van der Waals surface area (Å²) < 4.78 is 0.755. The minimum atomic E-state index is -0.356. The van der Waals surface area contributed by atoms with E-state index in [2.05, 4.69) is 21.2 Å². The van der Waals surface area contributed by atoms with E-state index in [1.165, 1.54) is 12.8 Å². The van der Waals surface area contributed by atoms with E-state index in [4.69, 9.17) is 0 Å². The molecule has 0 heterocycles. The molecule has 0 amide bonds. The van der Waals surface area contributed by atoms with Crippen LogP contribution >= 0.6 is 15.9 Å². The van der Waals surface area contributed by atoms with E-state index in [1.807, 2.05) is 6.07 Å².